The normalized spacial score (nSPS) is 36.0. The Kier molecular flexibility index (Phi) is 1.43. The molecule has 0 spiro atoms. The molecule has 2 nitrogen and oxygen atoms in total. The summed E-state index contributed by atoms with van der Waals surface area (Å²) in [6, 6.07) is 0. The van der Waals surface area contributed by atoms with Gasteiger partial charge >= 0.3 is 5.97 Å². The van der Waals surface area contributed by atoms with Crippen molar-refractivity contribution in [3.8, 4) is 0 Å². The SMILES string of the molecule is CC1(F)CCCC(=O)O1. The number of alkyl halides is 1. The van der Waals surface area contributed by atoms with Gasteiger partial charge in [0, 0.05) is 19.8 Å². The van der Waals surface area contributed by atoms with E-state index in [-0.39, 0.29) is 0 Å². The lowest BCUT2D eigenvalue weighted by Crippen LogP contribution is -2.30. The van der Waals surface area contributed by atoms with Crippen molar-refractivity contribution in [1.29, 1.82) is 0 Å². The first-order chi connectivity index (χ1) is 4.10. The van der Waals surface area contributed by atoms with E-state index in [4.69, 9.17) is 0 Å². The number of ether oxygens (including phenoxy) is 1. The average Bonchev–Trinajstić information content (AvgIpc) is 1.60. The minimum absolute atomic E-state index is 0.332. The van der Waals surface area contributed by atoms with E-state index in [1.165, 1.54) is 6.92 Å². The third-order valence-corrected chi connectivity index (χ3v) is 1.33. The van der Waals surface area contributed by atoms with E-state index in [1.54, 1.807) is 0 Å². The van der Waals surface area contributed by atoms with Gasteiger partial charge in [0.05, 0.1) is 0 Å². The van der Waals surface area contributed by atoms with Gasteiger partial charge in [-0.3, -0.25) is 4.79 Å². The van der Waals surface area contributed by atoms with Gasteiger partial charge in [-0.1, -0.05) is 0 Å². The van der Waals surface area contributed by atoms with E-state index in [0.29, 0.717) is 19.3 Å². The molecule has 1 atom stereocenters. The zero-order valence-electron chi connectivity index (χ0n) is 5.32. The summed E-state index contributed by atoms with van der Waals surface area (Å²) in [5.74, 6) is -2.12. The highest BCUT2D eigenvalue weighted by Crippen LogP contribution is 2.25. The van der Waals surface area contributed by atoms with Crippen molar-refractivity contribution in [3.63, 3.8) is 0 Å². The topological polar surface area (TPSA) is 26.3 Å². The van der Waals surface area contributed by atoms with E-state index in [9.17, 15) is 9.18 Å². The minimum Gasteiger partial charge on any atom is -0.429 e. The number of hydrogen-bond acceptors (Lipinski definition) is 2. The molecule has 1 aliphatic heterocycles. The second kappa shape index (κ2) is 1.97. The molecule has 0 aromatic rings. The van der Waals surface area contributed by atoms with E-state index in [0.717, 1.165) is 0 Å². The maximum Gasteiger partial charge on any atom is 0.308 e. The van der Waals surface area contributed by atoms with Crippen molar-refractivity contribution in [2.24, 2.45) is 0 Å². The second-order valence-corrected chi connectivity index (χ2v) is 2.43. The van der Waals surface area contributed by atoms with Crippen LogP contribution in [-0.4, -0.2) is 11.8 Å². The van der Waals surface area contributed by atoms with E-state index in [2.05, 4.69) is 4.74 Å². The highest BCUT2D eigenvalue weighted by molar-refractivity contribution is 5.70. The zero-order chi connectivity index (χ0) is 6.91. The Morgan fingerprint density at radius 3 is 2.78 bits per heavy atom. The highest BCUT2D eigenvalue weighted by Gasteiger charge is 2.31. The van der Waals surface area contributed by atoms with Gasteiger partial charge in [-0.2, -0.15) is 4.39 Å². The quantitative estimate of drug-likeness (QED) is 0.465. The molecule has 0 aromatic heterocycles. The van der Waals surface area contributed by atoms with Gasteiger partial charge in [-0.25, -0.2) is 0 Å². The molecule has 0 bridgehead atoms. The third-order valence-electron chi connectivity index (χ3n) is 1.33. The Labute approximate surface area is 53.0 Å². The van der Waals surface area contributed by atoms with Crippen LogP contribution in [0.5, 0.6) is 0 Å². The Bertz CT molecular complexity index is 131. The number of carbonyl (C=O) groups is 1. The summed E-state index contributed by atoms with van der Waals surface area (Å²) in [4.78, 5) is 10.4. The first-order valence-corrected chi connectivity index (χ1v) is 3.01. The fourth-order valence-corrected chi connectivity index (χ4v) is 0.888. The van der Waals surface area contributed by atoms with Crippen LogP contribution in [0, 0.1) is 0 Å². The van der Waals surface area contributed by atoms with Crippen molar-refractivity contribution in [1.82, 2.24) is 0 Å². The number of carbonyl (C=O) groups excluding carboxylic acids is 1. The van der Waals surface area contributed by atoms with Crippen molar-refractivity contribution >= 4 is 5.97 Å². The van der Waals surface area contributed by atoms with Crippen LogP contribution < -0.4 is 0 Å². The van der Waals surface area contributed by atoms with Gasteiger partial charge < -0.3 is 4.74 Å². The molecule has 1 saturated heterocycles. The predicted octanol–water partition coefficient (Wildman–Crippen LogP) is 1.40. The molecule has 9 heavy (non-hydrogen) atoms. The summed E-state index contributed by atoms with van der Waals surface area (Å²) in [6.45, 7) is 1.28. The van der Waals surface area contributed by atoms with Crippen LogP contribution in [0.15, 0.2) is 0 Å². The Morgan fingerprint density at radius 2 is 2.44 bits per heavy atom. The van der Waals surface area contributed by atoms with Crippen LogP contribution in [0.2, 0.25) is 0 Å². The number of esters is 1. The molecule has 0 amide bonds. The predicted molar refractivity (Wildman–Crippen MR) is 29.5 cm³/mol. The Balaban J connectivity index is 2.51. The molecule has 1 heterocycles. The lowest BCUT2D eigenvalue weighted by Gasteiger charge is -2.24. The summed E-state index contributed by atoms with van der Waals surface area (Å²) < 4.78 is 17.0. The first kappa shape index (κ1) is 6.52. The average molecular weight is 132 g/mol. The van der Waals surface area contributed by atoms with Gasteiger partial charge in [-0.15, -0.1) is 0 Å². The summed E-state index contributed by atoms with van der Waals surface area (Å²) >= 11 is 0. The van der Waals surface area contributed by atoms with E-state index < -0.39 is 11.8 Å². The number of rotatable bonds is 0. The molecule has 0 aliphatic carbocycles. The summed E-state index contributed by atoms with van der Waals surface area (Å²) in [5, 5.41) is 0. The van der Waals surface area contributed by atoms with E-state index in [1.807, 2.05) is 0 Å². The van der Waals surface area contributed by atoms with Crippen LogP contribution in [0.25, 0.3) is 0 Å². The molecule has 1 unspecified atom stereocenters. The summed E-state index contributed by atoms with van der Waals surface area (Å²) in [7, 11) is 0. The molecule has 52 valence electrons. The van der Waals surface area contributed by atoms with Gasteiger partial charge in [-0.05, 0) is 6.42 Å². The first-order valence-electron chi connectivity index (χ1n) is 3.01. The van der Waals surface area contributed by atoms with Crippen LogP contribution >= 0.6 is 0 Å². The summed E-state index contributed by atoms with van der Waals surface area (Å²) in [6.07, 6.45) is 1.30. The van der Waals surface area contributed by atoms with Crippen LogP contribution in [0.4, 0.5) is 4.39 Å². The number of hydrogen-bond donors (Lipinski definition) is 0. The van der Waals surface area contributed by atoms with Crippen LogP contribution in [0.3, 0.4) is 0 Å². The number of halogens is 1. The van der Waals surface area contributed by atoms with Gasteiger partial charge in [0.25, 0.3) is 0 Å². The van der Waals surface area contributed by atoms with Gasteiger partial charge in [0.2, 0.25) is 5.85 Å². The molecule has 0 N–H and O–H groups in total. The maximum absolute atomic E-state index is 12.7. The number of cyclic esters (lactones) is 1. The van der Waals surface area contributed by atoms with Crippen molar-refractivity contribution < 1.29 is 13.9 Å². The standard InChI is InChI=1S/C6H9FO2/c1-6(7)4-2-3-5(8)9-6/h2-4H2,1H3. The lowest BCUT2D eigenvalue weighted by molar-refractivity contribution is -0.188. The molecule has 0 saturated carbocycles. The monoisotopic (exact) mass is 132 g/mol. The molecule has 0 radical (unpaired) electrons. The molecular formula is C6H9FO2. The van der Waals surface area contributed by atoms with Gasteiger partial charge in [0.1, 0.15) is 0 Å². The Morgan fingerprint density at radius 1 is 1.78 bits per heavy atom. The van der Waals surface area contributed by atoms with Crippen molar-refractivity contribution in [2.45, 2.75) is 32.0 Å². The lowest BCUT2D eigenvalue weighted by atomic mass is 10.1. The highest BCUT2D eigenvalue weighted by atomic mass is 19.2. The van der Waals surface area contributed by atoms with Crippen molar-refractivity contribution in [2.75, 3.05) is 0 Å². The molecule has 1 fully saturated rings. The molecular weight excluding hydrogens is 123 g/mol. The molecule has 3 heteroatoms. The molecule has 0 aromatic carbocycles. The smallest absolute Gasteiger partial charge is 0.308 e. The second-order valence-electron chi connectivity index (χ2n) is 2.43. The van der Waals surface area contributed by atoms with Gasteiger partial charge in [0.15, 0.2) is 0 Å². The fraction of sp³-hybridized carbons (Fsp3) is 0.833. The third kappa shape index (κ3) is 1.66. The van der Waals surface area contributed by atoms with Crippen LogP contribution in [-0.2, 0) is 9.53 Å². The molecule has 1 rings (SSSR count). The molecule has 1 aliphatic rings. The fourth-order valence-electron chi connectivity index (χ4n) is 0.888. The minimum atomic E-state index is -1.70. The maximum atomic E-state index is 12.7. The summed E-state index contributed by atoms with van der Waals surface area (Å²) in [5.41, 5.74) is 0. The van der Waals surface area contributed by atoms with E-state index >= 15 is 0 Å². The largest absolute Gasteiger partial charge is 0.429 e. The van der Waals surface area contributed by atoms with Crippen LogP contribution in [0.1, 0.15) is 26.2 Å². The Hall–Kier alpha value is -0.600. The van der Waals surface area contributed by atoms with Crippen molar-refractivity contribution in [3.05, 3.63) is 0 Å². The zero-order valence-corrected chi connectivity index (χ0v) is 5.32.